The Bertz CT molecular complexity index is 836. The molecule has 5 nitrogen and oxygen atoms in total. The van der Waals surface area contributed by atoms with E-state index in [1.807, 2.05) is 0 Å². The molecule has 0 saturated heterocycles. The van der Waals surface area contributed by atoms with Crippen molar-refractivity contribution in [3.8, 4) is 0 Å². The molecule has 2 rings (SSSR count). The average molecular weight is 397 g/mol. The molecule has 0 heterocycles. The third-order valence-electron chi connectivity index (χ3n) is 5.07. The van der Waals surface area contributed by atoms with Crippen LogP contribution in [0, 0.1) is 5.92 Å². The molecule has 0 fully saturated rings. The lowest BCUT2D eigenvalue weighted by Gasteiger charge is -2.22. The van der Waals surface area contributed by atoms with Gasteiger partial charge in [-0.05, 0) is 29.2 Å². The van der Waals surface area contributed by atoms with Crippen LogP contribution < -0.4 is 16.0 Å². The molecule has 0 saturated carbocycles. The number of hydrogen-bond acceptors (Lipinski definition) is 2. The van der Waals surface area contributed by atoms with Crippen LogP contribution in [0.3, 0.4) is 0 Å². The zero-order chi connectivity index (χ0) is 21.6. The predicted molar refractivity (Wildman–Crippen MR) is 118 cm³/mol. The van der Waals surface area contributed by atoms with Crippen LogP contribution in [0.2, 0.25) is 0 Å². The molecule has 0 aliphatic rings. The lowest BCUT2D eigenvalue weighted by Crippen LogP contribution is -2.88. The Kier molecular flexibility index (Phi) is 7.57. The minimum atomic E-state index is -0.175. The summed E-state index contributed by atoms with van der Waals surface area (Å²) in [4.78, 5) is 24.2. The van der Waals surface area contributed by atoms with Gasteiger partial charge in [0, 0.05) is 29.8 Å². The van der Waals surface area contributed by atoms with Gasteiger partial charge >= 0.3 is 0 Å². The highest BCUT2D eigenvalue weighted by atomic mass is 16.2. The predicted octanol–water partition coefficient (Wildman–Crippen LogP) is 3.24. The molecule has 0 aromatic heterocycles. The Morgan fingerprint density at radius 1 is 1.03 bits per heavy atom. The number of benzene rings is 2. The van der Waals surface area contributed by atoms with Crippen LogP contribution in [0.15, 0.2) is 48.5 Å². The number of amides is 2. The van der Waals surface area contributed by atoms with Crippen molar-refractivity contribution in [3.63, 3.8) is 0 Å². The quantitative estimate of drug-likeness (QED) is 0.672. The van der Waals surface area contributed by atoms with E-state index >= 15 is 0 Å². The Balaban J connectivity index is 2.02. The Hall–Kier alpha value is -2.66. The van der Waals surface area contributed by atoms with Gasteiger partial charge in [0.25, 0.3) is 11.8 Å². The van der Waals surface area contributed by atoms with Crippen LogP contribution in [0.5, 0.6) is 0 Å². The maximum Gasteiger partial charge on any atom is 0.279 e. The normalized spacial score (nSPS) is 12.5. The summed E-state index contributed by atoms with van der Waals surface area (Å²) in [6.45, 7) is 11.3. The number of carbonyl (C=O) groups excluding carboxylic acids is 2. The van der Waals surface area contributed by atoms with Gasteiger partial charge in [0.15, 0.2) is 6.54 Å². The van der Waals surface area contributed by atoms with Crippen molar-refractivity contribution in [2.45, 2.75) is 46.1 Å². The van der Waals surface area contributed by atoms with E-state index < -0.39 is 0 Å². The van der Waals surface area contributed by atoms with Gasteiger partial charge < -0.3 is 16.0 Å². The molecule has 0 aliphatic heterocycles. The van der Waals surface area contributed by atoms with Crippen molar-refractivity contribution in [1.29, 1.82) is 0 Å². The van der Waals surface area contributed by atoms with Gasteiger partial charge in [0.05, 0.1) is 0 Å². The van der Waals surface area contributed by atoms with E-state index in [2.05, 4.69) is 74.8 Å². The van der Waals surface area contributed by atoms with Gasteiger partial charge in [-0.3, -0.25) is 9.59 Å². The molecule has 29 heavy (non-hydrogen) atoms. The lowest BCUT2D eigenvalue weighted by molar-refractivity contribution is -0.692. The van der Waals surface area contributed by atoms with Crippen molar-refractivity contribution in [3.05, 3.63) is 65.2 Å². The Labute approximate surface area is 174 Å². The van der Waals surface area contributed by atoms with Gasteiger partial charge in [0.1, 0.15) is 6.04 Å². The second-order valence-corrected chi connectivity index (χ2v) is 8.79. The number of nitrogens with two attached hydrogens (primary N) is 1. The van der Waals surface area contributed by atoms with E-state index in [1.54, 1.807) is 31.3 Å². The number of anilines is 1. The Morgan fingerprint density at radius 2 is 1.69 bits per heavy atom. The topological polar surface area (TPSA) is 74.8 Å². The maximum absolute atomic E-state index is 12.5. The molecule has 0 bridgehead atoms. The molecule has 2 aromatic rings. The smallest absolute Gasteiger partial charge is 0.279 e. The van der Waals surface area contributed by atoms with E-state index in [0.29, 0.717) is 23.7 Å². The molecule has 4 N–H and O–H groups in total. The molecule has 2 aromatic carbocycles. The molecule has 0 spiro atoms. The summed E-state index contributed by atoms with van der Waals surface area (Å²) in [5, 5.41) is 7.55. The van der Waals surface area contributed by atoms with Crippen LogP contribution >= 0.6 is 0 Å². The lowest BCUT2D eigenvalue weighted by atomic mass is 9.85. The minimum Gasteiger partial charge on any atom is -0.355 e. The summed E-state index contributed by atoms with van der Waals surface area (Å²) in [5.41, 5.74) is 3.80. The summed E-state index contributed by atoms with van der Waals surface area (Å²) in [6, 6.07) is 15.9. The van der Waals surface area contributed by atoms with Gasteiger partial charge in [-0.25, -0.2) is 0 Å². The van der Waals surface area contributed by atoms with Crippen molar-refractivity contribution in [2.24, 2.45) is 5.92 Å². The van der Waals surface area contributed by atoms with Crippen LogP contribution in [-0.4, -0.2) is 25.4 Å². The van der Waals surface area contributed by atoms with Crippen molar-refractivity contribution >= 4 is 17.5 Å². The van der Waals surface area contributed by atoms with E-state index in [9.17, 15) is 9.59 Å². The third-order valence-corrected chi connectivity index (χ3v) is 5.07. The summed E-state index contributed by atoms with van der Waals surface area (Å²) >= 11 is 0. The zero-order valence-corrected chi connectivity index (χ0v) is 18.4. The first-order valence-electron chi connectivity index (χ1n) is 10.2. The van der Waals surface area contributed by atoms with E-state index in [0.717, 1.165) is 0 Å². The molecule has 5 heteroatoms. The van der Waals surface area contributed by atoms with Gasteiger partial charge in [-0.15, -0.1) is 0 Å². The third kappa shape index (κ3) is 6.43. The molecule has 0 aliphatic carbocycles. The number of carbonyl (C=O) groups is 2. The van der Waals surface area contributed by atoms with Crippen LogP contribution in [0.1, 0.15) is 62.1 Å². The summed E-state index contributed by atoms with van der Waals surface area (Å²) < 4.78 is 0. The molecule has 1 atom stereocenters. The molecule has 2 amide bonds. The average Bonchev–Trinajstić information content (AvgIpc) is 2.67. The monoisotopic (exact) mass is 396 g/mol. The standard InChI is InChI=1S/C24H33N3O2/c1-16(2)22(17-10-12-19(13-11-17)24(3,4)5)26-15-21(28)27-20-9-7-8-18(14-20)23(29)25-6/h7-14,16,22,26H,15H2,1-6H3,(H,25,29)(H,27,28)/p+1/t22-/m1/s1. The number of nitrogens with one attached hydrogen (secondary N) is 2. The van der Waals surface area contributed by atoms with Crippen LogP contribution in [-0.2, 0) is 10.2 Å². The molecule has 156 valence electrons. The molecule has 0 unspecified atom stereocenters. The van der Waals surface area contributed by atoms with Crippen molar-refractivity contribution < 1.29 is 14.9 Å². The number of quaternary nitrogens is 1. The first kappa shape index (κ1) is 22.6. The molecular weight excluding hydrogens is 362 g/mol. The highest BCUT2D eigenvalue weighted by molar-refractivity contribution is 5.97. The van der Waals surface area contributed by atoms with E-state index in [1.165, 1.54) is 11.1 Å². The minimum absolute atomic E-state index is 0.0870. The SMILES string of the molecule is CNC(=O)c1cccc(NC(=O)C[NH2+][C@@H](c2ccc(C(C)(C)C)cc2)C(C)C)c1. The zero-order valence-electron chi connectivity index (χ0n) is 18.4. The van der Waals surface area contributed by atoms with Gasteiger partial charge in [-0.2, -0.15) is 0 Å². The van der Waals surface area contributed by atoms with E-state index in [-0.39, 0.29) is 23.3 Å². The van der Waals surface area contributed by atoms with Crippen molar-refractivity contribution in [2.75, 3.05) is 18.9 Å². The molecular formula is C24H34N3O2+. The first-order valence-corrected chi connectivity index (χ1v) is 10.2. The maximum atomic E-state index is 12.5. The summed E-state index contributed by atoms with van der Waals surface area (Å²) in [6.07, 6.45) is 0. The van der Waals surface area contributed by atoms with Crippen LogP contribution in [0.4, 0.5) is 5.69 Å². The fourth-order valence-corrected chi connectivity index (χ4v) is 3.33. The van der Waals surface area contributed by atoms with Crippen molar-refractivity contribution in [1.82, 2.24) is 5.32 Å². The number of rotatable bonds is 7. The second-order valence-electron chi connectivity index (χ2n) is 8.79. The van der Waals surface area contributed by atoms with Gasteiger partial charge in [0.2, 0.25) is 0 Å². The second kappa shape index (κ2) is 9.70. The Morgan fingerprint density at radius 3 is 2.24 bits per heavy atom. The summed E-state index contributed by atoms with van der Waals surface area (Å²) in [5.74, 6) is 0.127. The first-order chi connectivity index (χ1) is 13.6. The van der Waals surface area contributed by atoms with E-state index in [4.69, 9.17) is 0 Å². The largest absolute Gasteiger partial charge is 0.355 e. The van der Waals surface area contributed by atoms with Gasteiger partial charge in [-0.1, -0.05) is 65.0 Å². The molecule has 0 radical (unpaired) electrons. The van der Waals surface area contributed by atoms with Crippen LogP contribution in [0.25, 0.3) is 0 Å². The fourth-order valence-electron chi connectivity index (χ4n) is 3.33. The highest BCUT2D eigenvalue weighted by Crippen LogP contribution is 2.25. The number of hydrogen-bond donors (Lipinski definition) is 3. The fraction of sp³-hybridized carbons (Fsp3) is 0.417. The summed E-state index contributed by atoms with van der Waals surface area (Å²) in [7, 11) is 1.59. The highest BCUT2D eigenvalue weighted by Gasteiger charge is 2.22.